The lowest BCUT2D eigenvalue weighted by molar-refractivity contribution is -0.125. The molecule has 1 heterocycles. The normalized spacial score (nSPS) is 17.4. The van der Waals surface area contributed by atoms with E-state index in [9.17, 15) is 17.6 Å². The van der Waals surface area contributed by atoms with Crippen molar-refractivity contribution >= 4 is 15.9 Å². The number of carbonyl (C=O) groups excluding carboxylic acids is 1. The zero-order valence-corrected chi connectivity index (χ0v) is 16.2. The van der Waals surface area contributed by atoms with Gasteiger partial charge in [0.2, 0.25) is 15.9 Å². The van der Waals surface area contributed by atoms with Gasteiger partial charge in [-0.1, -0.05) is 36.4 Å². The van der Waals surface area contributed by atoms with Crippen LogP contribution in [0.15, 0.2) is 42.5 Å². The molecule has 1 amide bonds. The van der Waals surface area contributed by atoms with Crippen LogP contribution in [0.1, 0.15) is 29.2 Å². The number of halogens is 1. The minimum Gasteiger partial charge on any atom is -0.351 e. The Balaban J connectivity index is 1.80. The van der Waals surface area contributed by atoms with Gasteiger partial charge in [0.05, 0.1) is 5.75 Å². The highest BCUT2D eigenvalue weighted by Crippen LogP contribution is 2.26. The van der Waals surface area contributed by atoms with Crippen LogP contribution in [0.3, 0.4) is 0 Å². The molecule has 1 unspecified atom stereocenters. The van der Waals surface area contributed by atoms with Gasteiger partial charge in [0, 0.05) is 13.1 Å². The first-order valence-corrected chi connectivity index (χ1v) is 10.5. The van der Waals surface area contributed by atoms with E-state index < -0.39 is 16.1 Å². The molecular weight excluding hydrogens is 367 g/mol. The molecule has 3 rings (SSSR count). The molecule has 0 saturated heterocycles. The summed E-state index contributed by atoms with van der Waals surface area (Å²) in [6.45, 7) is 3.65. The first-order valence-electron chi connectivity index (χ1n) is 8.91. The van der Waals surface area contributed by atoms with Crippen molar-refractivity contribution in [1.29, 1.82) is 0 Å². The standard InChI is InChI=1S/C20H23FN2O3S/c1-3-27(25,26)23-13-17-7-5-4-6-16(17)11-19(23)20(24)22-12-15-8-9-18(21)14(2)10-15/h4-10,19H,3,11-13H2,1-2H3,(H,22,24). The molecule has 0 saturated carbocycles. The van der Waals surface area contributed by atoms with Crippen molar-refractivity contribution in [2.45, 2.75) is 39.4 Å². The van der Waals surface area contributed by atoms with E-state index in [1.54, 1.807) is 26.0 Å². The molecule has 5 nitrogen and oxygen atoms in total. The third-order valence-corrected chi connectivity index (χ3v) is 6.75. The Morgan fingerprint density at radius 3 is 2.59 bits per heavy atom. The average Bonchev–Trinajstić information content (AvgIpc) is 2.67. The lowest BCUT2D eigenvalue weighted by atomic mass is 9.95. The number of hydrogen-bond acceptors (Lipinski definition) is 3. The number of aryl methyl sites for hydroxylation is 1. The van der Waals surface area contributed by atoms with Crippen molar-refractivity contribution < 1.29 is 17.6 Å². The summed E-state index contributed by atoms with van der Waals surface area (Å²) >= 11 is 0. The van der Waals surface area contributed by atoms with Crippen molar-refractivity contribution in [2.75, 3.05) is 5.75 Å². The summed E-state index contributed by atoms with van der Waals surface area (Å²) in [6.07, 6.45) is 0.337. The van der Waals surface area contributed by atoms with Crippen LogP contribution in [0.4, 0.5) is 4.39 Å². The maximum absolute atomic E-state index is 13.4. The van der Waals surface area contributed by atoms with E-state index in [1.165, 1.54) is 10.4 Å². The van der Waals surface area contributed by atoms with Crippen molar-refractivity contribution in [3.05, 3.63) is 70.5 Å². The summed E-state index contributed by atoms with van der Waals surface area (Å²) < 4.78 is 39.8. The summed E-state index contributed by atoms with van der Waals surface area (Å²) in [5.74, 6) is -0.700. The zero-order chi connectivity index (χ0) is 19.6. The number of nitrogens with zero attached hydrogens (tertiary/aromatic N) is 1. The summed E-state index contributed by atoms with van der Waals surface area (Å²) in [6, 6.07) is 11.4. The molecule has 0 radical (unpaired) electrons. The molecule has 27 heavy (non-hydrogen) atoms. The fraction of sp³-hybridized carbons (Fsp3) is 0.350. The smallest absolute Gasteiger partial charge is 0.239 e. The largest absolute Gasteiger partial charge is 0.351 e. The van der Waals surface area contributed by atoms with E-state index in [1.807, 2.05) is 24.3 Å². The number of carbonyl (C=O) groups is 1. The second-order valence-electron chi connectivity index (χ2n) is 6.74. The number of amides is 1. The minimum atomic E-state index is -3.53. The van der Waals surface area contributed by atoms with Crippen LogP contribution in [0.2, 0.25) is 0 Å². The summed E-state index contributed by atoms with van der Waals surface area (Å²) in [4.78, 5) is 12.8. The summed E-state index contributed by atoms with van der Waals surface area (Å²) in [5.41, 5.74) is 3.18. The number of benzene rings is 2. The van der Waals surface area contributed by atoms with Crippen LogP contribution < -0.4 is 5.32 Å². The first kappa shape index (κ1) is 19.5. The number of sulfonamides is 1. The van der Waals surface area contributed by atoms with Gasteiger partial charge in [-0.25, -0.2) is 12.8 Å². The Kier molecular flexibility index (Phi) is 5.62. The molecule has 0 spiro atoms. The number of rotatable bonds is 5. The van der Waals surface area contributed by atoms with E-state index in [0.717, 1.165) is 16.7 Å². The van der Waals surface area contributed by atoms with Crippen LogP contribution in [0, 0.1) is 12.7 Å². The van der Waals surface area contributed by atoms with Gasteiger partial charge >= 0.3 is 0 Å². The van der Waals surface area contributed by atoms with Gasteiger partial charge in [-0.3, -0.25) is 4.79 Å². The molecule has 1 N–H and O–H groups in total. The Hall–Kier alpha value is -2.25. The predicted octanol–water partition coefficient (Wildman–Crippen LogP) is 2.53. The molecular formula is C20H23FN2O3S. The lowest BCUT2D eigenvalue weighted by Crippen LogP contribution is -2.52. The molecule has 2 aromatic rings. The summed E-state index contributed by atoms with van der Waals surface area (Å²) in [5, 5.41) is 2.80. The average molecular weight is 390 g/mol. The van der Waals surface area contributed by atoms with Gasteiger partial charge in [-0.05, 0) is 48.6 Å². The molecule has 1 aliphatic heterocycles. The maximum Gasteiger partial charge on any atom is 0.239 e. The highest BCUT2D eigenvalue weighted by molar-refractivity contribution is 7.89. The molecule has 1 atom stereocenters. The molecule has 0 aliphatic carbocycles. The third-order valence-electron chi connectivity index (χ3n) is 4.92. The highest BCUT2D eigenvalue weighted by atomic mass is 32.2. The highest BCUT2D eigenvalue weighted by Gasteiger charge is 2.37. The summed E-state index contributed by atoms with van der Waals surface area (Å²) in [7, 11) is -3.53. The predicted molar refractivity (Wildman–Crippen MR) is 102 cm³/mol. The molecule has 1 aliphatic rings. The van der Waals surface area contributed by atoms with Crippen LogP contribution in [0.5, 0.6) is 0 Å². The van der Waals surface area contributed by atoms with Crippen molar-refractivity contribution in [1.82, 2.24) is 9.62 Å². The van der Waals surface area contributed by atoms with Crippen molar-refractivity contribution in [3.8, 4) is 0 Å². The van der Waals surface area contributed by atoms with Crippen LogP contribution in [0.25, 0.3) is 0 Å². The number of hydrogen-bond donors (Lipinski definition) is 1. The van der Waals surface area contributed by atoms with Crippen LogP contribution >= 0.6 is 0 Å². The van der Waals surface area contributed by atoms with E-state index in [2.05, 4.69) is 5.32 Å². The van der Waals surface area contributed by atoms with Crippen LogP contribution in [-0.2, 0) is 34.3 Å². The second kappa shape index (κ2) is 7.78. The zero-order valence-electron chi connectivity index (χ0n) is 15.4. The topological polar surface area (TPSA) is 66.5 Å². The molecule has 144 valence electrons. The maximum atomic E-state index is 13.4. The van der Waals surface area contributed by atoms with Gasteiger partial charge in [-0.2, -0.15) is 4.31 Å². The van der Waals surface area contributed by atoms with E-state index in [-0.39, 0.29) is 30.6 Å². The molecule has 2 aromatic carbocycles. The number of nitrogens with one attached hydrogen (secondary N) is 1. The first-order chi connectivity index (χ1) is 12.8. The van der Waals surface area contributed by atoms with Gasteiger partial charge in [-0.15, -0.1) is 0 Å². The van der Waals surface area contributed by atoms with Gasteiger partial charge in [0.15, 0.2) is 0 Å². The fourth-order valence-corrected chi connectivity index (χ4v) is 4.53. The second-order valence-corrected chi connectivity index (χ2v) is 8.95. The SMILES string of the molecule is CCS(=O)(=O)N1Cc2ccccc2CC1C(=O)NCc1ccc(F)c(C)c1. The Morgan fingerprint density at radius 2 is 1.93 bits per heavy atom. The Morgan fingerprint density at radius 1 is 1.22 bits per heavy atom. The van der Waals surface area contributed by atoms with Gasteiger partial charge in [0.25, 0.3) is 0 Å². The quantitative estimate of drug-likeness (QED) is 0.853. The molecule has 0 bridgehead atoms. The minimum absolute atomic E-state index is 0.0594. The monoisotopic (exact) mass is 390 g/mol. The van der Waals surface area contributed by atoms with E-state index >= 15 is 0 Å². The molecule has 7 heteroatoms. The lowest BCUT2D eigenvalue weighted by Gasteiger charge is -2.34. The molecule has 0 aromatic heterocycles. The Labute approximate surface area is 159 Å². The van der Waals surface area contributed by atoms with E-state index in [0.29, 0.717) is 12.0 Å². The van der Waals surface area contributed by atoms with Crippen molar-refractivity contribution in [2.24, 2.45) is 0 Å². The Bertz CT molecular complexity index is 959. The van der Waals surface area contributed by atoms with Gasteiger partial charge < -0.3 is 5.32 Å². The van der Waals surface area contributed by atoms with E-state index in [4.69, 9.17) is 0 Å². The number of fused-ring (bicyclic) bond motifs is 1. The fourth-order valence-electron chi connectivity index (χ4n) is 3.30. The van der Waals surface area contributed by atoms with Crippen LogP contribution in [-0.4, -0.2) is 30.4 Å². The third kappa shape index (κ3) is 4.20. The molecule has 0 fully saturated rings. The van der Waals surface area contributed by atoms with Crippen molar-refractivity contribution in [3.63, 3.8) is 0 Å². The van der Waals surface area contributed by atoms with Gasteiger partial charge in [0.1, 0.15) is 11.9 Å².